The maximum absolute atomic E-state index is 10.3. The standard InChI is InChI=1S/C15H28O11/c1-2-3-23-15-13(11(21)9(19)7(5-17)25-15)26-14-12(22)10(20)8(18)6(4-16)24-14/h6-22H,2-5H2,1H3/t6-,7+,8-,9+,10+,11-,12+,13+,14-,15+/m0/s1. The highest BCUT2D eigenvalue weighted by molar-refractivity contribution is 4.93. The highest BCUT2D eigenvalue weighted by Crippen LogP contribution is 2.29. The van der Waals surface area contributed by atoms with E-state index >= 15 is 0 Å². The van der Waals surface area contributed by atoms with Crippen LogP contribution in [0.15, 0.2) is 0 Å². The normalized spacial score (nSPS) is 47.1. The van der Waals surface area contributed by atoms with Gasteiger partial charge in [-0.05, 0) is 6.42 Å². The number of aliphatic hydroxyl groups is 7. The van der Waals surface area contributed by atoms with Crippen molar-refractivity contribution >= 4 is 0 Å². The highest BCUT2D eigenvalue weighted by atomic mass is 16.8. The molecule has 0 spiro atoms. The van der Waals surface area contributed by atoms with Crippen LogP contribution in [0.25, 0.3) is 0 Å². The highest BCUT2D eigenvalue weighted by Gasteiger charge is 2.50. The molecule has 0 unspecified atom stereocenters. The number of rotatable bonds is 7. The van der Waals surface area contributed by atoms with Gasteiger partial charge in [-0.3, -0.25) is 0 Å². The van der Waals surface area contributed by atoms with Crippen molar-refractivity contribution in [3.05, 3.63) is 0 Å². The Kier molecular flexibility index (Phi) is 8.12. The van der Waals surface area contributed by atoms with E-state index < -0.39 is 74.6 Å². The minimum absolute atomic E-state index is 0.236. The summed E-state index contributed by atoms with van der Waals surface area (Å²) in [5.41, 5.74) is 0. The van der Waals surface area contributed by atoms with Gasteiger partial charge in [0.05, 0.1) is 13.2 Å². The van der Waals surface area contributed by atoms with Crippen LogP contribution < -0.4 is 0 Å². The molecule has 0 aromatic rings. The van der Waals surface area contributed by atoms with Crippen LogP contribution in [-0.2, 0) is 18.9 Å². The summed E-state index contributed by atoms with van der Waals surface area (Å²) in [7, 11) is 0. The molecule has 0 aromatic carbocycles. The Morgan fingerprint density at radius 1 is 0.731 bits per heavy atom. The predicted molar refractivity (Wildman–Crippen MR) is 82.6 cm³/mol. The maximum Gasteiger partial charge on any atom is 0.187 e. The second-order valence-electron chi connectivity index (χ2n) is 6.38. The topological polar surface area (TPSA) is 179 Å². The van der Waals surface area contributed by atoms with Gasteiger partial charge in [0.25, 0.3) is 0 Å². The lowest BCUT2D eigenvalue weighted by atomic mass is 9.97. The molecule has 0 saturated carbocycles. The van der Waals surface area contributed by atoms with Gasteiger partial charge in [0.1, 0.15) is 48.8 Å². The van der Waals surface area contributed by atoms with Crippen LogP contribution in [-0.4, -0.2) is 117 Å². The lowest BCUT2D eigenvalue weighted by molar-refractivity contribution is -0.367. The largest absolute Gasteiger partial charge is 0.394 e. The Morgan fingerprint density at radius 3 is 1.81 bits per heavy atom. The van der Waals surface area contributed by atoms with Gasteiger partial charge in [0, 0.05) is 6.61 Å². The minimum atomic E-state index is -1.68. The number of hydrogen-bond acceptors (Lipinski definition) is 11. The lowest BCUT2D eigenvalue weighted by Gasteiger charge is -2.45. The Labute approximate surface area is 150 Å². The van der Waals surface area contributed by atoms with E-state index in [-0.39, 0.29) is 6.61 Å². The summed E-state index contributed by atoms with van der Waals surface area (Å²) >= 11 is 0. The van der Waals surface area contributed by atoms with Crippen LogP contribution in [0, 0.1) is 0 Å². The zero-order valence-electron chi connectivity index (χ0n) is 14.4. The van der Waals surface area contributed by atoms with Gasteiger partial charge >= 0.3 is 0 Å². The third-order valence-electron chi connectivity index (χ3n) is 4.45. The van der Waals surface area contributed by atoms with Crippen LogP contribution >= 0.6 is 0 Å². The molecule has 2 rings (SSSR count). The molecular formula is C15H28O11. The van der Waals surface area contributed by atoms with Gasteiger partial charge in [-0.15, -0.1) is 0 Å². The molecule has 11 nitrogen and oxygen atoms in total. The van der Waals surface area contributed by atoms with E-state index in [4.69, 9.17) is 18.9 Å². The van der Waals surface area contributed by atoms with Gasteiger partial charge < -0.3 is 54.7 Å². The van der Waals surface area contributed by atoms with Crippen LogP contribution in [0.3, 0.4) is 0 Å². The molecule has 2 heterocycles. The Bertz CT molecular complexity index is 422. The number of hydrogen-bond donors (Lipinski definition) is 7. The van der Waals surface area contributed by atoms with Gasteiger partial charge in [0.15, 0.2) is 12.6 Å². The van der Waals surface area contributed by atoms with Crippen molar-refractivity contribution in [3.63, 3.8) is 0 Å². The van der Waals surface area contributed by atoms with Crippen molar-refractivity contribution in [2.75, 3.05) is 19.8 Å². The van der Waals surface area contributed by atoms with Gasteiger partial charge in [-0.1, -0.05) is 6.92 Å². The van der Waals surface area contributed by atoms with Crippen molar-refractivity contribution < 1.29 is 54.7 Å². The Balaban J connectivity index is 2.14. The molecule has 2 saturated heterocycles. The van der Waals surface area contributed by atoms with Crippen LogP contribution in [0.2, 0.25) is 0 Å². The Morgan fingerprint density at radius 2 is 1.27 bits per heavy atom. The van der Waals surface area contributed by atoms with E-state index in [9.17, 15) is 35.7 Å². The van der Waals surface area contributed by atoms with Crippen molar-refractivity contribution in [2.45, 2.75) is 74.8 Å². The maximum atomic E-state index is 10.3. The third-order valence-corrected chi connectivity index (χ3v) is 4.45. The van der Waals surface area contributed by atoms with Gasteiger partial charge in [-0.2, -0.15) is 0 Å². The molecule has 2 fully saturated rings. The molecule has 0 amide bonds. The second-order valence-corrected chi connectivity index (χ2v) is 6.38. The van der Waals surface area contributed by atoms with Crippen LogP contribution in [0.1, 0.15) is 13.3 Å². The average Bonchev–Trinajstić information content (AvgIpc) is 2.64. The molecule has 11 heteroatoms. The van der Waals surface area contributed by atoms with E-state index in [1.54, 1.807) is 0 Å². The van der Waals surface area contributed by atoms with Crippen LogP contribution in [0.5, 0.6) is 0 Å². The van der Waals surface area contributed by atoms with E-state index in [0.717, 1.165) is 0 Å². The first-order valence-corrected chi connectivity index (χ1v) is 8.55. The monoisotopic (exact) mass is 384 g/mol. The minimum Gasteiger partial charge on any atom is -0.394 e. The number of aliphatic hydroxyl groups excluding tert-OH is 7. The summed E-state index contributed by atoms with van der Waals surface area (Å²) in [6, 6.07) is 0. The summed E-state index contributed by atoms with van der Waals surface area (Å²) in [4.78, 5) is 0. The predicted octanol–water partition coefficient (Wildman–Crippen LogP) is -3.96. The number of ether oxygens (including phenoxy) is 4. The van der Waals surface area contributed by atoms with E-state index in [1.165, 1.54) is 0 Å². The zero-order chi connectivity index (χ0) is 19.4. The summed E-state index contributed by atoms with van der Waals surface area (Å²) in [6.45, 7) is 0.877. The van der Waals surface area contributed by atoms with E-state index in [0.29, 0.717) is 6.42 Å². The van der Waals surface area contributed by atoms with Gasteiger partial charge in [0.2, 0.25) is 0 Å². The van der Waals surface area contributed by atoms with Crippen molar-refractivity contribution in [1.82, 2.24) is 0 Å². The lowest BCUT2D eigenvalue weighted by Crippen LogP contribution is -2.64. The molecule has 0 aromatic heterocycles. The zero-order valence-corrected chi connectivity index (χ0v) is 14.4. The van der Waals surface area contributed by atoms with Crippen LogP contribution in [0.4, 0.5) is 0 Å². The molecule has 0 bridgehead atoms. The first kappa shape index (κ1) is 21.9. The molecule has 0 radical (unpaired) electrons. The van der Waals surface area contributed by atoms with Crippen molar-refractivity contribution in [3.8, 4) is 0 Å². The molecule has 0 aliphatic carbocycles. The first-order valence-electron chi connectivity index (χ1n) is 8.55. The first-order chi connectivity index (χ1) is 12.3. The molecule has 2 aliphatic rings. The summed E-state index contributed by atoms with van der Waals surface area (Å²) in [5.74, 6) is 0. The fourth-order valence-electron chi connectivity index (χ4n) is 2.90. The second kappa shape index (κ2) is 9.66. The fraction of sp³-hybridized carbons (Fsp3) is 1.00. The summed E-state index contributed by atoms with van der Waals surface area (Å²) < 4.78 is 21.6. The van der Waals surface area contributed by atoms with Crippen molar-refractivity contribution in [1.29, 1.82) is 0 Å². The van der Waals surface area contributed by atoms with E-state index in [2.05, 4.69) is 0 Å². The molecule has 7 N–H and O–H groups in total. The molecule has 26 heavy (non-hydrogen) atoms. The molecular weight excluding hydrogens is 356 g/mol. The smallest absolute Gasteiger partial charge is 0.187 e. The van der Waals surface area contributed by atoms with Crippen molar-refractivity contribution in [2.24, 2.45) is 0 Å². The van der Waals surface area contributed by atoms with E-state index in [1.807, 2.05) is 6.92 Å². The molecule has 2 aliphatic heterocycles. The molecule has 10 atom stereocenters. The quantitative estimate of drug-likeness (QED) is 0.228. The Hall–Kier alpha value is -0.440. The summed E-state index contributed by atoms with van der Waals surface area (Å²) in [5, 5.41) is 68.5. The van der Waals surface area contributed by atoms with Gasteiger partial charge in [-0.25, -0.2) is 0 Å². The third kappa shape index (κ3) is 4.51. The molecule has 154 valence electrons. The SMILES string of the molecule is CCCO[C@@H]1O[C@H](CO)[C@@H](O)[C@H](O)[C@H]1O[C@@H]1O[C@@H](CO)[C@H](O)[C@@H](O)[C@H]1O. The average molecular weight is 384 g/mol. The summed E-state index contributed by atoms with van der Waals surface area (Å²) in [6.07, 6.45) is -13.6. The fourth-order valence-corrected chi connectivity index (χ4v) is 2.90.